The van der Waals surface area contributed by atoms with E-state index < -0.39 is 0 Å². The molecule has 1 aliphatic heterocycles. The van der Waals surface area contributed by atoms with Gasteiger partial charge in [0.2, 0.25) is 5.91 Å². The van der Waals surface area contributed by atoms with E-state index in [0.29, 0.717) is 6.04 Å². The van der Waals surface area contributed by atoms with E-state index in [-0.39, 0.29) is 11.9 Å². The van der Waals surface area contributed by atoms with Crippen LogP contribution >= 0.6 is 0 Å². The van der Waals surface area contributed by atoms with Crippen molar-refractivity contribution in [1.29, 1.82) is 0 Å². The van der Waals surface area contributed by atoms with E-state index in [2.05, 4.69) is 17.6 Å². The lowest BCUT2D eigenvalue weighted by Gasteiger charge is -2.24. The van der Waals surface area contributed by atoms with Gasteiger partial charge in [-0.25, -0.2) is 0 Å². The number of hydrogen-bond acceptors (Lipinski definition) is 2. The standard InChI is InChI=1S/C10H20N2O/c1-3-8(2)12-10(13)9-6-4-5-7-11-9/h8-9,11H,3-7H2,1-2H3,(H,12,13)/t8-,9-/m1/s1. The SMILES string of the molecule is CC[C@@H](C)NC(=O)[C@H]1CCCCN1. The first-order valence-electron chi connectivity index (χ1n) is 5.27. The molecule has 2 atom stereocenters. The van der Waals surface area contributed by atoms with Crippen LogP contribution in [0.4, 0.5) is 0 Å². The van der Waals surface area contributed by atoms with Crippen LogP contribution in [-0.2, 0) is 4.79 Å². The Balaban J connectivity index is 2.29. The number of rotatable bonds is 3. The summed E-state index contributed by atoms with van der Waals surface area (Å²) in [4.78, 5) is 11.6. The van der Waals surface area contributed by atoms with Crippen LogP contribution in [0.25, 0.3) is 0 Å². The van der Waals surface area contributed by atoms with Gasteiger partial charge in [-0.05, 0) is 32.7 Å². The fourth-order valence-corrected chi connectivity index (χ4v) is 1.52. The zero-order valence-corrected chi connectivity index (χ0v) is 8.60. The number of carbonyl (C=O) groups is 1. The quantitative estimate of drug-likeness (QED) is 0.688. The molecule has 1 heterocycles. The number of piperidine rings is 1. The Bertz CT molecular complexity index is 164. The van der Waals surface area contributed by atoms with Gasteiger partial charge in [0.15, 0.2) is 0 Å². The molecule has 3 heteroatoms. The fraction of sp³-hybridized carbons (Fsp3) is 0.900. The lowest BCUT2D eigenvalue weighted by Crippen LogP contribution is -2.48. The summed E-state index contributed by atoms with van der Waals surface area (Å²) in [7, 11) is 0. The Hall–Kier alpha value is -0.570. The lowest BCUT2D eigenvalue weighted by molar-refractivity contribution is -0.124. The highest BCUT2D eigenvalue weighted by molar-refractivity contribution is 5.82. The van der Waals surface area contributed by atoms with Crippen molar-refractivity contribution < 1.29 is 4.79 Å². The summed E-state index contributed by atoms with van der Waals surface area (Å²) < 4.78 is 0. The molecule has 0 saturated carbocycles. The van der Waals surface area contributed by atoms with Crippen LogP contribution < -0.4 is 10.6 Å². The molecule has 0 bridgehead atoms. The molecule has 1 amide bonds. The van der Waals surface area contributed by atoms with Crippen LogP contribution in [0.3, 0.4) is 0 Å². The molecule has 0 aliphatic carbocycles. The zero-order valence-electron chi connectivity index (χ0n) is 8.60. The number of hydrogen-bond donors (Lipinski definition) is 2. The van der Waals surface area contributed by atoms with Gasteiger partial charge in [0.05, 0.1) is 6.04 Å². The minimum Gasteiger partial charge on any atom is -0.352 e. The predicted octanol–water partition coefficient (Wildman–Crippen LogP) is 1.04. The number of amides is 1. The summed E-state index contributed by atoms with van der Waals surface area (Å²) in [5.74, 6) is 0.175. The smallest absolute Gasteiger partial charge is 0.237 e. The molecule has 0 aromatic rings. The first-order chi connectivity index (χ1) is 6.24. The van der Waals surface area contributed by atoms with Crippen molar-refractivity contribution >= 4 is 5.91 Å². The van der Waals surface area contributed by atoms with E-state index in [1.165, 1.54) is 12.8 Å². The van der Waals surface area contributed by atoms with E-state index in [1.54, 1.807) is 0 Å². The van der Waals surface area contributed by atoms with Crippen LogP contribution in [-0.4, -0.2) is 24.5 Å². The van der Waals surface area contributed by atoms with Gasteiger partial charge in [-0.15, -0.1) is 0 Å². The molecule has 1 fully saturated rings. The van der Waals surface area contributed by atoms with Crippen LogP contribution in [0.15, 0.2) is 0 Å². The Labute approximate surface area is 80.3 Å². The molecule has 0 unspecified atom stereocenters. The molecule has 1 saturated heterocycles. The second kappa shape index (κ2) is 5.22. The van der Waals surface area contributed by atoms with E-state index in [0.717, 1.165) is 19.4 Å². The Kier molecular flexibility index (Phi) is 4.22. The summed E-state index contributed by atoms with van der Waals surface area (Å²) in [6, 6.07) is 0.360. The molecule has 0 aromatic heterocycles. The summed E-state index contributed by atoms with van der Waals surface area (Å²) >= 11 is 0. The molecule has 0 radical (unpaired) electrons. The molecular weight excluding hydrogens is 164 g/mol. The third kappa shape index (κ3) is 3.35. The minimum atomic E-state index is 0.0581. The van der Waals surface area contributed by atoms with Crippen LogP contribution in [0, 0.1) is 0 Å². The zero-order chi connectivity index (χ0) is 9.68. The van der Waals surface area contributed by atoms with Crippen molar-refractivity contribution in [1.82, 2.24) is 10.6 Å². The third-order valence-electron chi connectivity index (χ3n) is 2.63. The van der Waals surface area contributed by atoms with E-state index in [1.807, 2.05) is 6.92 Å². The normalized spacial score (nSPS) is 25.2. The molecule has 1 rings (SSSR count). The molecule has 13 heavy (non-hydrogen) atoms. The molecule has 0 aromatic carbocycles. The van der Waals surface area contributed by atoms with Crippen molar-refractivity contribution in [3.8, 4) is 0 Å². The van der Waals surface area contributed by atoms with Gasteiger partial charge in [-0.3, -0.25) is 4.79 Å². The topological polar surface area (TPSA) is 41.1 Å². The summed E-state index contributed by atoms with van der Waals surface area (Å²) in [6.45, 7) is 5.11. The van der Waals surface area contributed by atoms with Gasteiger partial charge in [-0.1, -0.05) is 13.3 Å². The Morgan fingerprint density at radius 1 is 1.62 bits per heavy atom. The minimum absolute atomic E-state index is 0.0581. The van der Waals surface area contributed by atoms with Crippen LogP contribution in [0.5, 0.6) is 0 Å². The van der Waals surface area contributed by atoms with Gasteiger partial charge in [-0.2, -0.15) is 0 Å². The maximum absolute atomic E-state index is 11.6. The first-order valence-corrected chi connectivity index (χ1v) is 5.27. The van der Waals surface area contributed by atoms with Crippen molar-refractivity contribution in [2.24, 2.45) is 0 Å². The third-order valence-corrected chi connectivity index (χ3v) is 2.63. The molecular formula is C10H20N2O. The average Bonchev–Trinajstić information content (AvgIpc) is 2.19. The second-order valence-electron chi connectivity index (χ2n) is 3.82. The predicted molar refractivity (Wildman–Crippen MR) is 53.5 cm³/mol. The first kappa shape index (κ1) is 10.5. The second-order valence-corrected chi connectivity index (χ2v) is 3.82. The van der Waals surface area contributed by atoms with E-state index in [4.69, 9.17) is 0 Å². The van der Waals surface area contributed by atoms with Crippen molar-refractivity contribution in [2.75, 3.05) is 6.54 Å². The summed E-state index contributed by atoms with van der Waals surface area (Å²) in [5, 5.41) is 6.23. The maximum Gasteiger partial charge on any atom is 0.237 e. The highest BCUT2D eigenvalue weighted by Gasteiger charge is 2.20. The van der Waals surface area contributed by atoms with Gasteiger partial charge < -0.3 is 10.6 Å². The van der Waals surface area contributed by atoms with Gasteiger partial charge in [0.1, 0.15) is 0 Å². The van der Waals surface area contributed by atoms with Gasteiger partial charge in [0.25, 0.3) is 0 Å². The maximum atomic E-state index is 11.6. The summed E-state index contributed by atoms with van der Waals surface area (Å²) in [6.07, 6.45) is 4.36. The van der Waals surface area contributed by atoms with E-state index >= 15 is 0 Å². The molecule has 0 spiro atoms. The molecule has 76 valence electrons. The van der Waals surface area contributed by atoms with Crippen molar-refractivity contribution in [3.63, 3.8) is 0 Å². The van der Waals surface area contributed by atoms with Crippen LogP contribution in [0.1, 0.15) is 39.5 Å². The Morgan fingerprint density at radius 2 is 2.38 bits per heavy atom. The van der Waals surface area contributed by atoms with Crippen LogP contribution in [0.2, 0.25) is 0 Å². The molecule has 3 nitrogen and oxygen atoms in total. The van der Waals surface area contributed by atoms with Gasteiger partial charge >= 0.3 is 0 Å². The van der Waals surface area contributed by atoms with E-state index in [9.17, 15) is 4.79 Å². The number of nitrogens with one attached hydrogen (secondary N) is 2. The highest BCUT2D eigenvalue weighted by Crippen LogP contribution is 2.07. The lowest BCUT2D eigenvalue weighted by atomic mass is 10.0. The molecule has 1 aliphatic rings. The average molecular weight is 184 g/mol. The fourth-order valence-electron chi connectivity index (χ4n) is 1.52. The van der Waals surface area contributed by atoms with Crippen molar-refractivity contribution in [2.45, 2.75) is 51.6 Å². The highest BCUT2D eigenvalue weighted by atomic mass is 16.2. The summed E-state index contributed by atoms with van der Waals surface area (Å²) in [5.41, 5.74) is 0. The number of carbonyl (C=O) groups excluding carboxylic acids is 1. The largest absolute Gasteiger partial charge is 0.352 e. The van der Waals surface area contributed by atoms with Crippen molar-refractivity contribution in [3.05, 3.63) is 0 Å². The Morgan fingerprint density at radius 3 is 2.92 bits per heavy atom. The monoisotopic (exact) mass is 184 g/mol. The van der Waals surface area contributed by atoms with Gasteiger partial charge in [0, 0.05) is 6.04 Å². The molecule has 2 N–H and O–H groups in total.